The van der Waals surface area contributed by atoms with Crippen molar-refractivity contribution in [3.63, 3.8) is 0 Å². The van der Waals surface area contributed by atoms with Crippen LogP contribution >= 0.6 is 0 Å². The van der Waals surface area contributed by atoms with Gasteiger partial charge in [-0.25, -0.2) is 0 Å². The minimum absolute atomic E-state index is 0.792. The number of rotatable bonds is 0. The maximum atomic E-state index is 2.33. The maximum absolute atomic E-state index is 2.33. The molecule has 0 saturated heterocycles. The molecule has 0 spiro atoms. The van der Waals surface area contributed by atoms with Crippen LogP contribution in [0.3, 0.4) is 0 Å². The van der Waals surface area contributed by atoms with E-state index in [0.29, 0.717) is 0 Å². The first kappa shape index (κ1) is 23.3. The molecule has 1 aromatic rings. The molecule has 0 nitrogen and oxygen atoms in total. The Kier molecular flexibility index (Phi) is 24.0. The Bertz CT molecular complexity index is 250. The predicted octanol–water partition coefficient (Wildman–Crippen LogP) is 7.23. The second kappa shape index (κ2) is 19.6. The number of fused-ring (bicyclic) bond motifs is 1. The van der Waals surface area contributed by atoms with Crippen molar-refractivity contribution in [3.05, 3.63) is 35.4 Å². The van der Waals surface area contributed by atoms with Crippen LogP contribution in [0.25, 0.3) is 0 Å². The topological polar surface area (TPSA) is 0 Å². The second-order valence-corrected chi connectivity index (χ2v) is 3.49. The van der Waals surface area contributed by atoms with Gasteiger partial charge in [-0.1, -0.05) is 86.6 Å². The fourth-order valence-electron chi connectivity index (χ4n) is 2.00. The molecule has 1 aromatic carbocycles. The zero-order chi connectivity index (χ0) is 15.7. The lowest BCUT2D eigenvalue weighted by Gasteiger charge is -2.21. The van der Waals surface area contributed by atoms with Crippen molar-refractivity contribution >= 4 is 0 Å². The van der Waals surface area contributed by atoms with E-state index in [4.69, 9.17) is 0 Å². The fraction of sp³-hybridized carbons (Fsp3) is 0.684. The van der Waals surface area contributed by atoms with Crippen LogP contribution in [-0.2, 0) is 6.42 Å². The molecule has 0 heterocycles. The molecule has 1 aliphatic carbocycles. The molecule has 1 aliphatic rings. The molecule has 0 heteroatoms. The zero-order valence-corrected chi connectivity index (χ0v) is 15.0. The average molecular weight is 267 g/mol. The maximum Gasteiger partial charge on any atom is -0.0188 e. The van der Waals surface area contributed by atoms with Gasteiger partial charge in [0.25, 0.3) is 0 Å². The molecule has 0 radical (unpaired) electrons. The molecule has 0 saturated carbocycles. The highest BCUT2D eigenvalue weighted by Gasteiger charge is 2.14. The molecular formula is C19H38. The van der Waals surface area contributed by atoms with Crippen molar-refractivity contribution in [2.75, 3.05) is 0 Å². The van der Waals surface area contributed by atoms with Crippen molar-refractivity contribution in [3.8, 4) is 0 Å². The average Bonchev–Trinajstić information content (AvgIpc) is 2.56. The van der Waals surface area contributed by atoms with Crippen LogP contribution in [0.5, 0.6) is 0 Å². The quantitative estimate of drug-likeness (QED) is 0.464. The highest BCUT2D eigenvalue weighted by Crippen LogP contribution is 2.30. The zero-order valence-electron chi connectivity index (χ0n) is 15.0. The first-order valence-electron chi connectivity index (χ1n) is 8.46. The van der Waals surface area contributed by atoms with Gasteiger partial charge in [-0.15, -0.1) is 0 Å². The smallest absolute Gasteiger partial charge is 0.0188 e. The monoisotopic (exact) mass is 266 g/mol. The van der Waals surface area contributed by atoms with E-state index in [1.54, 1.807) is 11.1 Å². The van der Waals surface area contributed by atoms with Crippen LogP contribution in [0.4, 0.5) is 0 Å². The van der Waals surface area contributed by atoms with Crippen LogP contribution < -0.4 is 0 Å². The lowest BCUT2D eigenvalue weighted by atomic mass is 9.84. The second-order valence-electron chi connectivity index (χ2n) is 3.49. The lowest BCUT2D eigenvalue weighted by Crippen LogP contribution is -2.05. The lowest BCUT2D eigenvalue weighted by molar-refractivity contribution is 0.590. The summed E-state index contributed by atoms with van der Waals surface area (Å²) in [6.07, 6.45) is 4.04. The largest absolute Gasteiger partial charge is 0.0683 e. The SMILES string of the molecule is CC.CC.CC.CC.CC1CCCc2ccccc21. The van der Waals surface area contributed by atoms with E-state index in [0.717, 1.165) is 5.92 Å². The Labute approximate surface area is 123 Å². The molecule has 0 aliphatic heterocycles. The molecule has 0 bridgehead atoms. The Morgan fingerprint density at radius 1 is 0.789 bits per heavy atom. The van der Waals surface area contributed by atoms with Crippen LogP contribution in [0, 0.1) is 0 Å². The summed E-state index contributed by atoms with van der Waals surface area (Å²) < 4.78 is 0. The van der Waals surface area contributed by atoms with Gasteiger partial charge in [0.2, 0.25) is 0 Å². The summed E-state index contributed by atoms with van der Waals surface area (Å²) >= 11 is 0. The molecule has 19 heavy (non-hydrogen) atoms. The summed E-state index contributed by atoms with van der Waals surface area (Å²) in [7, 11) is 0. The van der Waals surface area contributed by atoms with Gasteiger partial charge in [-0.05, 0) is 36.3 Å². The van der Waals surface area contributed by atoms with Crippen LogP contribution in [0.1, 0.15) is 92.2 Å². The molecule has 0 amide bonds. The Morgan fingerprint density at radius 3 is 1.74 bits per heavy atom. The van der Waals surface area contributed by atoms with Crippen molar-refractivity contribution in [1.29, 1.82) is 0 Å². The first-order chi connectivity index (χ1) is 9.38. The summed E-state index contributed by atoms with van der Waals surface area (Å²) in [5.74, 6) is 0.792. The van der Waals surface area contributed by atoms with E-state index in [9.17, 15) is 0 Å². The van der Waals surface area contributed by atoms with Gasteiger partial charge in [-0.3, -0.25) is 0 Å². The van der Waals surface area contributed by atoms with Crippen molar-refractivity contribution in [2.45, 2.75) is 87.5 Å². The summed E-state index contributed by atoms with van der Waals surface area (Å²) in [6, 6.07) is 8.85. The molecule has 1 unspecified atom stereocenters. The number of aryl methyl sites for hydroxylation is 1. The van der Waals surface area contributed by atoms with Crippen LogP contribution in [0.15, 0.2) is 24.3 Å². The molecular weight excluding hydrogens is 228 g/mol. The first-order valence-corrected chi connectivity index (χ1v) is 8.46. The summed E-state index contributed by atoms with van der Waals surface area (Å²) in [4.78, 5) is 0. The molecule has 0 aromatic heterocycles. The van der Waals surface area contributed by atoms with E-state index in [2.05, 4.69) is 31.2 Å². The minimum Gasteiger partial charge on any atom is -0.0683 e. The van der Waals surface area contributed by atoms with Crippen LogP contribution in [-0.4, -0.2) is 0 Å². The predicted molar refractivity (Wildman–Crippen MR) is 93.2 cm³/mol. The van der Waals surface area contributed by atoms with E-state index in [-0.39, 0.29) is 0 Å². The van der Waals surface area contributed by atoms with Gasteiger partial charge in [0, 0.05) is 0 Å². The Morgan fingerprint density at radius 2 is 1.26 bits per heavy atom. The van der Waals surface area contributed by atoms with Gasteiger partial charge in [0.1, 0.15) is 0 Å². The molecule has 1 atom stereocenters. The Balaban J connectivity index is -0.000000278. The highest BCUT2D eigenvalue weighted by molar-refractivity contribution is 5.31. The van der Waals surface area contributed by atoms with E-state index >= 15 is 0 Å². The summed E-state index contributed by atoms with van der Waals surface area (Å²) in [5.41, 5.74) is 3.16. The van der Waals surface area contributed by atoms with E-state index in [1.165, 1.54) is 19.3 Å². The minimum atomic E-state index is 0.792. The molecule has 2 rings (SSSR count). The van der Waals surface area contributed by atoms with Gasteiger partial charge in [-0.2, -0.15) is 0 Å². The van der Waals surface area contributed by atoms with E-state index < -0.39 is 0 Å². The van der Waals surface area contributed by atoms with Gasteiger partial charge in [0.15, 0.2) is 0 Å². The Hall–Kier alpha value is -0.780. The molecule has 0 fully saturated rings. The number of benzene rings is 1. The third-order valence-corrected chi connectivity index (χ3v) is 2.67. The standard InChI is InChI=1S/C11H14.4C2H6/c1-9-5-4-7-10-6-2-3-8-11(9)10;4*1-2/h2-3,6,8-9H,4-5,7H2,1H3;4*1-2H3. The van der Waals surface area contributed by atoms with Crippen molar-refractivity contribution in [1.82, 2.24) is 0 Å². The third kappa shape index (κ3) is 9.76. The summed E-state index contributed by atoms with van der Waals surface area (Å²) in [6.45, 7) is 18.3. The number of hydrogen-bond donors (Lipinski definition) is 0. The van der Waals surface area contributed by atoms with Crippen molar-refractivity contribution in [2.24, 2.45) is 0 Å². The van der Waals surface area contributed by atoms with Gasteiger partial charge >= 0.3 is 0 Å². The third-order valence-electron chi connectivity index (χ3n) is 2.67. The van der Waals surface area contributed by atoms with Gasteiger partial charge in [0.05, 0.1) is 0 Å². The molecule has 0 N–H and O–H groups in total. The molecule has 114 valence electrons. The van der Waals surface area contributed by atoms with Gasteiger partial charge < -0.3 is 0 Å². The van der Waals surface area contributed by atoms with Crippen LogP contribution in [0.2, 0.25) is 0 Å². The number of hydrogen-bond acceptors (Lipinski definition) is 0. The summed E-state index contributed by atoms with van der Waals surface area (Å²) in [5, 5.41) is 0. The normalized spacial score (nSPS) is 14.5. The van der Waals surface area contributed by atoms with Crippen molar-refractivity contribution < 1.29 is 0 Å². The highest BCUT2D eigenvalue weighted by atomic mass is 14.2. The van der Waals surface area contributed by atoms with E-state index in [1.807, 2.05) is 55.4 Å². The fourth-order valence-corrected chi connectivity index (χ4v) is 2.00.